The summed E-state index contributed by atoms with van der Waals surface area (Å²) in [5, 5.41) is 3.14. The van der Waals surface area contributed by atoms with Gasteiger partial charge in [0.2, 0.25) is 0 Å². The van der Waals surface area contributed by atoms with Crippen molar-refractivity contribution in [2.75, 3.05) is 23.0 Å². The Morgan fingerprint density at radius 1 is 0.400 bits per heavy atom. The fraction of sp³-hybridized carbons (Fsp3) is 0.500. The predicted octanol–water partition coefficient (Wildman–Crippen LogP) is 9.33. The summed E-state index contributed by atoms with van der Waals surface area (Å²) in [7, 11) is 0. The smallest absolute Gasteiger partial charge is 0.0437 e. The summed E-state index contributed by atoms with van der Waals surface area (Å²) < 4.78 is 0. The van der Waals surface area contributed by atoms with Gasteiger partial charge in [-0.2, -0.15) is 0 Å². The van der Waals surface area contributed by atoms with Gasteiger partial charge in [-0.1, -0.05) is 86.3 Å². The molecular weight excluding hydrogens is 478 g/mol. The molecule has 0 aliphatic carbocycles. The maximum atomic E-state index is 2.34. The summed E-state index contributed by atoms with van der Waals surface area (Å²) in [6.45, 7) is 0. The molecule has 2 aromatic carbocycles. The van der Waals surface area contributed by atoms with Crippen LogP contribution >= 0.6 is 58.2 Å². The average Bonchev–Trinajstić information content (AvgIpc) is 2.80. The summed E-state index contributed by atoms with van der Waals surface area (Å²) >= 11 is 8.95. The Balaban J connectivity index is 1.48. The Bertz CT molecular complexity index is 592. The molecule has 0 N–H and O–H groups in total. The van der Waals surface area contributed by atoms with Gasteiger partial charge >= 0.3 is 0 Å². The first-order chi connectivity index (χ1) is 14.9. The lowest BCUT2D eigenvalue weighted by atomic mass is 10.2. The maximum absolute atomic E-state index is 2.34. The van der Waals surface area contributed by atoms with Crippen LogP contribution in [-0.4, -0.2) is 23.0 Å². The Morgan fingerprint density at radius 3 is 1.00 bits per heavy atom. The van der Waals surface area contributed by atoms with Crippen LogP contribution in [0.2, 0.25) is 0 Å². The molecular formula is C24H34P2S4. The summed E-state index contributed by atoms with van der Waals surface area (Å²) in [4.78, 5) is 0. The molecule has 0 atom stereocenters. The molecule has 0 bridgehead atoms. The second kappa shape index (κ2) is 16.3. The second-order valence-corrected chi connectivity index (χ2v) is 20.9. The minimum Gasteiger partial charge on any atom is -0.118 e. The lowest BCUT2D eigenvalue weighted by Crippen LogP contribution is -1.97. The normalized spacial score (nSPS) is 23.9. The van der Waals surface area contributed by atoms with Crippen molar-refractivity contribution in [1.82, 2.24) is 0 Å². The first kappa shape index (κ1) is 25.3. The summed E-state index contributed by atoms with van der Waals surface area (Å²) in [6.07, 6.45) is 10.9. The molecule has 0 saturated carbocycles. The predicted molar refractivity (Wildman–Crippen MR) is 153 cm³/mol. The molecule has 2 aromatic rings. The van der Waals surface area contributed by atoms with Gasteiger partial charge < -0.3 is 0 Å². The van der Waals surface area contributed by atoms with Crippen molar-refractivity contribution in [3.05, 3.63) is 60.7 Å². The fourth-order valence-electron chi connectivity index (χ4n) is 3.18. The molecule has 1 saturated heterocycles. The third-order valence-electron chi connectivity index (χ3n) is 4.85. The summed E-state index contributed by atoms with van der Waals surface area (Å²) in [5.41, 5.74) is 0. The molecule has 3 rings (SSSR count). The van der Waals surface area contributed by atoms with E-state index >= 15 is 0 Å². The van der Waals surface area contributed by atoms with E-state index in [4.69, 9.17) is 0 Å². The van der Waals surface area contributed by atoms with E-state index in [1.807, 2.05) is 0 Å². The number of rotatable bonds is 2. The van der Waals surface area contributed by atoms with Gasteiger partial charge in [0.1, 0.15) is 0 Å². The van der Waals surface area contributed by atoms with Gasteiger partial charge in [0.15, 0.2) is 0 Å². The van der Waals surface area contributed by atoms with Gasteiger partial charge in [0, 0.05) is 12.7 Å². The monoisotopic (exact) mass is 512 g/mol. The molecule has 1 fully saturated rings. The molecule has 30 heavy (non-hydrogen) atoms. The van der Waals surface area contributed by atoms with E-state index < -0.39 is 0 Å². The van der Waals surface area contributed by atoms with Crippen molar-refractivity contribution in [3.63, 3.8) is 0 Å². The highest BCUT2D eigenvalue weighted by Crippen LogP contribution is 2.61. The Kier molecular flexibility index (Phi) is 13.8. The highest BCUT2D eigenvalue weighted by Gasteiger charge is 2.14. The lowest BCUT2D eigenvalue weighted by Gasteiger charge is -2.18. The quantitative estimate of drug-likeness (QED) is 0.367. The van der Waals surface area contributed by atoms with Crippen LogP contribution in [0.25, 0.3) is 0 Å². The molecule has 0 amide bonds. The van der Waals surface area contributed by atoms with Crippen molar-refractivity contribution in [2.45, 2.75) is 51.4 Å². The number of hydrogen-bond donors (Lipinski definition) is 0. The third kappa shape index (κ3) is 10.1. The van der Waals surface area contributed by atoms with E-state index in [0.29, 0.717) is 0 Å². The molecule has 1 aliphatic heterocycles. The topological polar surface area (TPSA) is 0 Å². The van der Waals surface area contributed by atoms with Crippen LogP contribution in [0.15, 0.2) is 60.7 Å². The van der Waals surface area contributed by atoms with Crippen molar-refractivity contribution in [3.8, 4) is 0 Å². The molecule has 0 radical (unpaired) electrons. The van der Waals surface area contributed by atoms with Crippen LogP contribution in [0, 0.1) is 0 Å². The van der Waals surface area contributed by atoms with E-state index in [1.165, 1.54) is 74.4 Å². The molecule has 6 heteroatoms. The summed E-state index contributed by atoms with van der Waals surface area (Å²) in [6, 6.07) is 22.5. The first-order valence-electron chi connectivity index (χ1n) is 11.2. The molecule has 0 nitrogen and oxygen atoms in total. The van der Waals surface area contributed by atoms with Crippen LogP contribution < -0.4 is 10.6 Å². The molecule has 1 aliphatic rings. The highest BCUT2D eigenvalue weighted by molar-refractivity contribution is 8.90. The van der Waals surface area contributed by atoms with Crippen molar-refractivity contribution < 1.29 is 0 Å². The minimum absolute atomic E-state index is 0.101. The van der Waals surface area contributed by atoms with E-state index in [2.05, 4.69) is 106 Å². The zero-order valence-electron chi connectivity index (χ0n) is 17.8. The van der Waals surface area contributed by atoms with Crippen LogP contribution in [0.4, 0.5) is 0 Å². The van der Waals surface area contributed by atoms with Gasteiger partial charge in [0.05, 0.1) is 0 Å². The highest BCUT2D eigenvalue weighted by atomic mass is 33.1. The van der Waals surface area contributed by atoms with Crippen molar-refractivity contribution in [2.24, 2.45) is 0 Å². The van der Waals surface area contributed by atoms with E-state index in [-0.39, 0.29) is 12.7 Å². The van der Waals surface area contributed by atoms with Crippen molar-refractivity contribution in [1.29, 1.82) is 0 Å². The number of benzene rings is 2. The largest absolute Gasteiger partial charge is 0.118 e. The van der Waals surface area contributed by atoms with E-state index in [0.717, 1.165) is 0 Å². The Morgan fingerprint density at radius 2 is 0.700 bits per heavy atom. The zero-order valence-corrected chi connectivity index (χ0v) is 22.8. The van der Waals surface area contributed by atoms with Crippen molar-refractivity contribution >= 4 is 68.8 Å². The second-order valence-electron chi connectivity index (χ2n) is 7.35. The van der Waals surface area contributed by atoms with Gasteiger partial charge in [-0.25, -0.2) is 0 Å². The molecule has 0 unspecified atom stereocenters. The summed E-state index contributed by atoms with van der Waals surface area (Å²) in [5.74, 6) is 5.31. The van der Waals surface area contributed by atoms with Gasteiger partial charge in [-0.15, -0.1) is 45.5 Å². The Labute approximate surface area is 202 Å². The maximum Gasteiger partial charge on any atom is 0.0437 e. The molecule has 0 aromatic heterocycles. The SMILES string of the molecule is c1ccc(P2SCCCCCCSP(c3ccccc3)SCCCCCCS2)cc1. The fourth-order valence-corrected chi connectivity index (χ4v) is 18.0. The molecule has 0 spiro atoms. The van der Waals surface area contributed by atoms with Gasteiger partial charge in [0.25, 0.3) is 0 Å². The van der Waals surface area contributed by atoms with E-state index in [1.54, 1.807) is 10.6 Å². The first-order valence-corrected chi connectivity index (χ1v) is 20.2. The standard InChI is InChI=1S/C24H34P2S4/c1-2-12-20-28-26(24-17-9-6-10-18-24)30-22-14-4-3-13-21-29-25(27-19-11-1)23-15-7-5-8-16-23/h5-10,15-18H,1-4,11-14,19-22H2. The zero-order chi connectivity index (χ0) is 20.7. The minimum atomic E-state index is -0.101. The molecule has 164 valence electrons. The van der Waals surface area contributed by atoms with Crippen LogP contribution in [0.3, 0.4) is 0 Å². The van der Waals surface area contributed by atoms with Crippen LogP contribution in [0.5, 0.6) is 0 Å². The van der Waals surface area contributed by atoms with Crippen LogP contribution in [0.1, 0.15) is 51.4 Å². The lowest BCUT2D eigenvalue weighted by molar-refractivity contribution is 0.712. The van der Waals surface area contributed by atoms with E-state index in [9.17, 15) is 0 Å². The third-order valence-corrected chi connectivity index (χ3v) is 20.4. The van der Waals surface area contributed by atoms with Gasteiger partial charge in [-0.3, -0.25) is 0 Å². The van der Waals surface area contributed by atoms with Crippen LogP contribution in [-0.2, 0) is 0 Å². The average molecular weight is 513 g/mol. The van der Waals surface area contributed by atoms with Gasteiger partial charge in [-0.05, 0) is 59.3 Å². The number of hydrogen-bond acceptors (Lipinski definition) is 4. The Hall–Kier alpha value is 0.700. The molecule has 1 heterocycles.